The molecule has 2 fully saturated rings. The lowest BCUT2D eigenvalue weighted by molar-refractivity contribution is -0.124. The Kier molecular flexibility index (Phi) is 5.13. The van der Waals surface area contributed by atoms with Gasteiger partial charge < -0.3 is 10.6 Å². The van der Waals surface area contributed by atoms with E-state index in [4.69, 9.17) is 0 Å². The highest BCUT2D eigenvalue weighted by molar-refractivity contribution is 5.91. The van der Waals surface area contributed by atoms with E-state index in [9.17, 15) is 9.18 Å². The maximum atomic E-state index is 13.0. The van der Waals surface area contributed by atoms with Crippen molar-refractivity contribution in [3.63, 3.8) is 0 Å². The number of carbonyl (C=O) groups is 1. The molecule has 0 radical (unpaired) electrons. The van der Waals surface area contributed by atoms with Crippen LogP contribution in [0.1, 0.15) is 38.2 Å². The lowest BCUT2D eigenvalue weighted by Crippen LogP contribution is -2.45. The molecule has 3 nitrogen and oxygen atoms in total. The molecule has 0 bridgehead atoms. The van der Waals surface area contributed by atoms with Crippen LogP contribution < -0.4 is 10.6 Å². The van der Waals surface area contributed by atoms with E-state index in [1.54, 1.807) is 12.1 Å². The first-order valence-electron chi connectivity index (χ1n) is 7.79. The Morgan fingerprint density at radius 1 is 1.18 bits per heavy atom. The summed E-state index contributed by atoms with van der Waals surface area (Å²) in [6.45, 7) is 5.02. The van der Waals surface area contributed by atoms with Crippen molar-refractivity contribution in [3.05, 3.63) is 35.6 Å². The number of nitrogens with one attached hydrogen (secondary N) is 2. The van der Waals surface area contributed by atoms with Crippen LogP contribution >= 0.6 is 12.4 Å². The Labute approximate surface area is 137 Å². The normalized spacial score (nSPS) is 21.5. The van der Waals surface area contributed by atoms with Crippen molar-refractivity contribution in [1.29, 1.82) is 0 Å². The predicted octanol–water partition coefficient (Wildman–Crippen LogP) is 2.79. The topological polar surface area (TPSA) is 41.1 Å². The Hall–Kier alpha value is -1.13. The standard InChI is InChI=1S/C17H23FN2O.ClH/c1-16(8-10-19-11-9-16)12-20-15(21)17(6-7-17)13-2-4-14(18)5-3-13;/h2-5,19H,6-12H2,1H3,(H,20,21);1H. The molecule has 0 atom stereocenters. The molecule has 1 aromatic rings. The molecule has 1 aliphatic heterocycles. The molecule has 2 aliphatic rings. The van der Waals surface area contributed by atoms with Crippen LogP contribution in [0.3, 0.4) is 0 Å². The van der Waals surface area contributed by atoms with Crippen LogP contribution in [0.2, 0.25) is 0 Å². The molecule has 0 unspecified atom stereocenters. The number of hydrogen-bond acceptors (Lipinski definition) is 2. The number of benzene rings is 1. The number of amides is 1. The van der Waals surface area contributed by atoms with Crippen LogP contribution in [0.15, 0.2) is 24.3 Å². The minimum Gasteiger partial charge on any atom is -0.355 e. The van der Waals surface area contributed by atoms with Gasteiger partial charge in [0.15, 0.2) is 0 Å². The van der Waals surface area contributed by atoms with Crippen molar-refractivity contribution in [2.75, 3.05) is 19.6 Å². The lowest BCUT2D eigenvalue weighted by Gasteiger charge is -2.34. The van der Waals surface area contributed by atoms with E-state index in [2.05, 4.69) is 17.6 Å². The Morgan fingerprint density at radius 3 is 2.32 bits per heavy atom. The largest absolute Gasteiger partial charge is 0.355 e. The minimum atomic E-state index is -0.406. The van der Waals surface area contributed by atoms with E-state index in [-0.39, 0.29) is 29.5 Å². The minimum absolute atomic E-state index is 0. The van der Waals surface area contributed by atoms with E-state index in [0.29, 0.717) is 0 Å². The van der Waals surface area contributed by atoms with Crippen molar-refractivity contribution in [2.45, 2.75) is 38.0 Å². The van der Waals surface area contributed by atoms with Gasteiger partial charge in [0.1, 0.15) is 5.82 Å². The molecule has 2 N–H and O–H groups in total. The number of halogens is 2. The molecule has 0 aromatic heterocycles. The van der Waals surface area contributed by atoms with Gasteiger partial charge in [0, 0.05) is 6.54 Å². The molecule has 1 saturated carbocycles. The molecule has 1 amide bonds. The summed E-state index contributed by atoms with van der Waals surface area (Å²) in [7, 11) is 0. The van der Waals surface area contributed by atoms with Crippen LogP contribution in [-0.2, 0) is 10.2 Å². The summed E-state index contributed by atoms with van der Waals surface area (Å²) in [6, 6.07) is 6.37. The van der Waals surface area contributed by atoms with Crippen molar-refractivity contribution in [2.24, 2.45) is 5.41 Å². The molecule has 1 saturated heterocycles. The Morgan fingerprint density at radius 2 is 1.77 bits per heavy atom. The fourth-order valence-electron chi connectivity index (χ4n) is 3.21. The lowest BCUT2D eigenvalue weighted by atomic mass is 9.81. The van der Waals surface area contributed by atoms with Gasteiger partial charge in [-0.3, -0.25) is 4.79 Å². The van der Waals surface area contributed by atoms with Gasteiger partial charge in [0.05, 0.1) is 5.41 Å². The highest BCUT2D eigenvalue weighted by atomic mass is 35.5. The summed E-state index contributed by atoms with van der Waals surface area (Å²) in [5.74, 6) is -0.147. The Bertz CT molecular complexity index is 522. The summed E-state index contributed by atoms with van der Waals surface area (Å²) in [6.07, 6.45) is 3.92. The van der Waals surface area contributed by atoms with Crippen LogP contribution in [0, 0.1) is 11.2 Å². The predicted molar refractivity (Wildman–Crippen MR) is 87.8 cm³/mol. The molecule has 5 heteroatoms. The second-order valence-electron chi connectivity index (χ2n) is 6.83. The van der Waals surface area contributed by atoms with E-state index in [1.807, 2.05) is 0 Å². The molecule has 1 aliphatic carbocycles. The first-order valence-corrected chi connectivity index (χ1v) is 7.79. The van der Waals surface area contributed by atoms with Gasteiger partial charge in [-0.15, -0.1) is 12.4 Å². The van der Waals surface area contributed by atoms with Gasteiger partial charge in [-0.2, -0.15) is 0 Å². The molecular formula is C17H24ClFN2O. The maximum Gasteiger partial charge on any atom is 0.230 e. The van der Waals surface area contributed by atoms with Crippen molar-refractivity contribution >= 4 is 18.3 Å². The third-order valence-corrected chi connectivity index (χ3v) is 5.07. The zero-order valence-electron chi connectivity index (χ0n) is 13.0. The summed E-state index contributed by atoms with van der Waals surface area (Å²) in [4.78, 5) is 12.6. The summed E-state index contributed by atoms with van der Waals surface area (Å²) < 4.78 is 13.0. The quantitative estimate of drug-likeness (QED) is 0.893. The number of hydrogen-bond donors (Lipinski definition) is 2. The fourth-order valence-corrected chi connectivity index (χ4v) is 3.21. The molecular weight excluding hydrogens is 303 g/mol. The molecule has 1 aromatic carbocycles. The van der Waals surface area contributed by atoms with Crippen LogP contribution in [0.4, 0.5) is 4.39 Å². The van der Waals surface area contributed by atoms with E-state index in [1.165, 1.54) is 12.1 Å². The van der Waals surface area contributed by atoms with Crippen molar-refractivity contribution in [3.8, 4) is 0 Å². The van der Waals surface area contributed by atoms with Gasteiger partial charge in [0.2, 0.25) is 5.91 Å². The average molecular weight is 327 g/mol. The Balaban J connectivity index is 0.00000176. The summed E-state index contributed by atoms with van der Waals surface area (Å²) in [5, 5.41) is 6.50. The second kappa shape index (κ2) is 6.55. The summed E-state index contributed by atoms with van der Waals surface area (Å²) in [5.41, 5.74) is 0.730. The maximum absolute atomic E-state index is 13.0. The summed E-state index contributed by atoms with van der Waals surface area (Å²) >= 11 is 0. The van der Waals surface area contributed by atoms with E-state index >= 15 is 0 Å². The van der Waals surface area contributed by atoms with Gasteiger partial charge >= 0.3 is 0 Å². The zero-order chi connectivity index (χ0) is 14.9. The number of piperidine rings is 1. The van der Waals surface area contributed by atoms with Crippen molar-refractivity contribution in [1.82, 2.24) is 10.6 Å². The average Bonchev–Trinajstić information content (AvgIpc) is 3.28. The molecule has 3 rings (SSSR count). The monoisotopic (exact) mass is 326 g/mol. The van der Waals surface area contributed by atoms with Gasteiger partial charge in [-0.05, 0) is 61.9 Å². The molecule has 0 spiro atoms. The number of carbonyl (C=O) groups excluding carboxylic acids is 1. The third kappa shape index (κ3) is 3.44. The van der Waals surface area contributed by atoms with Gasteiger partial charge in [-0.1, -0.05) is 19.1 Å². The smallest absolute Gasteiger partial charge is 0.230 e. The highest BCUT2D eigenvalue weighted by Crippen LogP contribution is 2.48. The van der Waals surface area contributed by atoms with Crippen LogP contribution in [0.5, 0.6) is 0 Å². The highest BCUT2D eigenvalue weighted by Gasteiger charge is 2.51. The van der Waals surface area contributed by atoms with Gasteiger partial charge in [-0.25, -0.2) is 4.39 Å². The van der Waals surface area contributed by atoms with Crippen LogP contribution in [0.25, 0.3) is 0 Å². The van der Waals surface area contributed by atoms with E-state index < -0.39 is 5.41 Å². The third-order valence-electron chi connectivity index (χ3n) is 5.07. The van der Waals surface area contributed by atoms with Gasteiger partial charge in [0.25, 0.3) is 0 Å². The molecule has 1 heterocycles. The first kappa shape index (κ1) is 17.2. The first-order chi connectivity index (χ1) is 10.0. The second-order valence-corrected chi connectivity index (χ2v) is 6.83. The molecule has 122 valence electrons. The van der Waals surface area contributed by atoms with Crippen molar-refractivity contribution < 1.29 is 9.18 Å². The SMILES string of the molecule is CC1(CNC(=O)C2(c3ccc(F)cc3)CC2)CCNCC1.Cl. The zero-order valence-corrected chi connectivity index (χ0v) is 13.8. The van der Waals surface area contributed by atoms with Crippen LogP contribution in [-0.4, -0.2) is 25.5 Å². The van der Waals surface area contributed by atoms with E-state index in [0.717, 1.165) is 50.9 Å². The fraction of sp³-hybridized carbons (Fsp3) is 0.588. The number of rotatable bonds is 4. The molecule has 22 heavy (non-hydrogen) atoms.